The summed E-state index contributed by atoms with van der Waals surface area (Å²) in [5, 5.41) is 0. The summed E-state index contributed by atoms with van der Waals surface area (Å²) in [6, 6.07) is 67.1. The molecule has 0 aliphatic rings. The molecule has 236 valence electrons. The quantitative estimate of drug-likeness (QED) is 0.155. The van der Waals surface area contributed by atoms with E-state index in [4.69, 9.17) is 15.0 Å². The summed E-state index contributed by atoms with van der Waals surface area (Å²) in [6.07, 6.45) is 1.89. The molecule has 0 amide bonds. The predicted molar refractivity (Wildman–Crippen MR) is 207 cm³/mol. The van der Waals surface area contributed by atoms with Crippen LogP contribution in [0.1, 0.15) is 11.3 Å². The van der Waals surface area contributed by atoms with Crippen molar-refractivity contribution in [2.45, 2.75) is 0 Å². The standard InChI is InChI=1S/C47H33N3/c1-6-16-34(17-7-1)38-26-27-48-44(31-38)42-32-45(50-46(33-42)47(37-22-12-4-13-23-37)49-43-24-14-5-15-25-43)41-29-39(35-18-8-2-9-19-35)28-40(30-41)36-20-10-3-11-21-36/h1-33H/b49-47+. The van der Waals surface area contributed by atoms with Crippen molar-refractivity contribution in [1.82, 2.24) is 9.97 Å². The van der Waals surface area contributed by atoms with Crippen molar-refractivity contribution in [3.05, 3.63) is 212 Å². The molecule has 2 aromatic heterocycles. The number of nitrogens with zero attached hydrogens (tertiary/aromatic N) is 3. The van der Waals surface area contributed by atoms with Crippen molar-refractivity contribution in [3.8, 4) is 55.9 Å². The first-order valence-electron chi connectivity index (χ1n) is 16.8. The lowest BCUT2D eigenvalue weighted by Gasteiger charge is -2.15. The summed E-state index contributed by atoms with van der Waals surface area (Å²) in [6.45, 7) is 0. The zero-order valence-electron chi connectivity index (χ0n) is 27.4. The van der Waals surface area contributed by atoms with Gasteiger partial charge in [0.15, 0.2) is 0 Å². The molecule has 2 heterocycles. The molecule has 3 heteroatoms. The fourth-order valence-corrected chi connectivity index (χ4v) is 6.21. The lowest BCUT2D eigenvalue weighted by atomic mass is 9.93. The first-order chi connectivity index (χ1) is 24.8. The van der Waals surface area contributed by atoms with E-state index in [0.717, 1.165) is 78.6 Å². The molecule has 0 bridgehead atoms. The number of para-hydroxylation sites is 1. The maximum atomic E-state index is 5.39. The Morgan fingerprint density at radius 1 is 0.360 bits per heavy atom. The molecule has 8 rings (SSSR count). The molecule has 0 spiro atoms. The van der Waals surface area contributed by atoms with E-state index in [1.54, 1.807) is 0 Å². The van der Waals surface area contributed by atoms with Crippen LogP contribution in [0.25, 0.3) is 55.9 Å². The molecule has 50 heavy (non-hydrogen) atoms. The van der Waals surface area contributed by atoms with Crippen LogP contribution in [0.2, 0.25) is 0 Å². The second kappa shape index (κ2) is 14.2. The molecule has 0 saturated heterocycles. The van der Waals surface area contributed by atoms with E-state index in [1.807, 2.05) is 60.8 Å². The van der Waals surface area contributed by atoms with Crippen molar-refractivity contribution in [3.63, 3.8) is 0 Å². The summed E-state index contributed by atoms with van der Waals surface area (Å²) in [4.78, 5) is 15.5. The molecule has 3 nitrogen and oxygen atoms in total. The van der Waals surface area contributed by atoms with Crippen LogP contribution in [0.3, 0.4) is 0 Å². The first-order valence-corrected chi connectivity index (χ1v) is 16.8. The number of rotatable bonds is 8. The second-order valence-electron chi connectivity index (χ2n) is 12.1. The van der Waals surface area contributed by atoms with E-state index in [-0.39, 0.29) is 0 Å². The molecule has 0 fully saturated rings. The Hall–Kier alpha value is -6.71. The van der Waals surface area contributed by atoms with Gasteiger partial charge in [-0.1, -0.05) is 140 Å². The van der Waals surface area contributed by atoms with E-state index < -0.39 is 0 Å². The van der Waals surface area contributed by atoms with Crippen LogP contribution < -0.4 is 0 Å². The smallest absolute Gasteiger partial charge is 0.0966 e. The van der Waals surface area contributed by atoms with Gasteiger partial charge in [0.05, 0.1) is 28.5 Å². The lowest BCUT2D eigenvalue weighted by Crippen LogP contribution is -2.07. The Kier molecular flexibility index (Phi) is 8.69. The third-order valence-corrected chi connectivity index (χ3v) is 8.72. The minimum atomic E-state index is 0.769. The third kappa shape index (κ3) is 6.80. The second-order valence-corrected chi connectivity index (χ2v) is 12.1. The average Bonchev–Trinajstić information content (AvgIpc) is 3.21. The van der Waals surface area contributed by atoms with Gasteiger partial charge in [-0.05, 0) is 88.0 Å². The van der Waals surface area contributed by atoms with Crippen LogP contribution in [0.5, 0.6) is 0 Å². The lowest BCUT2D eigenvalue weighted by molar-refractivity contribution is 1.26. The van der Waals surface area contributed by atoms with E-state index >= 15 is 0 Å². The fourth-order valence-electron chi connectivity index (χ4n) is 6.21. The Morgan fingerprint density at radius 3 is 1.40 bits per heavy atom. The van der Waals surface area contributed by atoms with Crippen LogP contribution in [0, 0.1) is 0 Å². The van der Waals surface area contributed by atoms with Gasteiger partial charge in [-0.15, -0.1) is 0 Å². The SMILES string of the molecule is c1ccc(/N=C(\c2ccccc2)c2cc(-c3cc(-c4ccccc4)ccn3)cc(-c3cc(-c4ccccc4)cc(-c4ccccc4)c3)n2)cc1. The molecule has 6 aromatic carbocycles. The summed E-state index contributed by atoms with van der Waals surface area (Å²) >= 11 is 0. The number of hydrogen-bond acceptors (Lipinski definition) is 3. The highest BCUT2D eigenvalue weighted by Crippen LogP contribution is 2.35. The largest absolute Gasteiger partial charge is 0.256 e. The van der Waals surface area contributed by atoms with Gasteiger partial charge < -0.3 is 0 Å². The average molecular weight is 640 g/mol. The van der Waals surface area contributed by atoms with Crippen molar-refractivity contribution < 1.29 is 0 Å². The number of aliphatic imine (C=N–C) groups is 1. The van der Waals surface area contributed by atoms with Gasteiger partial charge in [0.2, 0.25) is 0 Å². The van der Waals surface area contributed by atoms with Gasteiger partial charge in [-0.3, -0.25) is 4.98 Å². The Bertz CT molecular complexity index is 2330. The predicted octanol–water partition coefficient (Wildman–Crippen LogP) is 12.0. The van der Waals surface area contributed by atoms with Gasteiger partial charge in [-0.2, -0.15) is 0 Å². The molecule has 8 aromatic rings. The zero-order valence-corrected chi connectivity index (χ0v) is 27.4. The fraction of sp³-hybridized carbons (Fsp3) is 0. The van der Waals surface area contributed by atoms with Crippen molar-refractivity contribution >= 4 is 11.4 Å². The molecule has 0 unspecified atom stereocenters. The Balaban J connectivity index is 1.37. The van der Waals surface area contributed by atoms with E-state index in [1.165, 1.54) is 0 Å². The molecular weight excluding hydrogens is 607 g/mol. The van der Waals surface area contributed by atoms with Gasteiger partial charge in [-0.25, -0.2) is 9.98 Å². The molecule has 0 atom stereocenters. The van der Waals surface area contributed by atoms with Crippen LogP contribution in [0.4, 0.5) is 5.69 Å². The highest BCUT2D eigenvalue weighted by molar-refractivity contribution is 6.13. The van der Waals surface area contributed by atoms with E-state index in [9.17, 15) is 0 Å². The number of hydrogen-bond donors (Lipinski definition) is 0. The van der Waals surface area contributed by atoms with Gasteiger partial charge >= 0.3 is 0 Å². The van der Waals surface area contributed by atoms with Crippen LogP contribution in [-0.2, 0) is 0 Å². The maximum absolute atomic E-state index is 5.39. The normalized spacial score (nSPS) is 11.3. The number of pyridine rings is 2. The maximum Gasteiger partial charge on any atom is 0.0966 e. The topological polar surface area (TPSA) is 38.1 Å². The monoisotopic (exact) mass is 639 g/mol. The molecule has 0 N–H and O–H groups in total. The van der Waals surface area contributed by atoms with Gasteiger partial charge in [0.1, 0.15) is 0 Å². The first kappa shape index (κ1) is 30.6. The number of benzene rings is 6. The summed E-state index contributed by atoms with van der Waals surface area (Å²) in [5.41, 5.74) is 13.9. The third-order valence-electron chi connectivity index (χ3n) is 8.72. The Morgan fingerprint density at radius 2 is 0.820 bits per heavy atom. The number of aromatic nitrogens is 2. The van der Waals surface area contributed by atoms with Crippen molar-refractivity contribution in [1.29, 1.82) is 0 Å². The van der Waals surface area contributed by atoms with E-state index in [0.29, 0.717) is 0 Å². The molecule has 0 aliphatic carbocycles. The van der Waals surface area contributed by atoms with Crippen LogP contribution >= 0.6 is 0 Å². The zero-order chi connectivity index (χ0) is 33.5. The molecule has 0 radical (unpaired) electrons. The van der Waals surface area contributed by atoms with Crippen molar-refractivity contribution in [2.75, 3.05) is 0 Å². The molecule has 0 aliphatic heterocycles. The summed E-state index contributed by atoms with van der Waals surface area (Å²) in [7, 11) is 0. The van der Waals surface area contributed by atoms with Crippen LogP contribution in [0.15, 0.2) is 205 Å². The highest BCUT2D eigenvalue weighted by Gasteiger charge is 2.17. The van der Waals surface area contributed by atoms with E-state index in [2.05, 4.69) is 140 Å². The summed E-state index contributed by atoms with van der Waals surface area (Å²) in [5.74, 6) is 0. The Labute approximate surface area is 293 Å². The van der Waals surface area contributed by atoms with Crippen LogP contribution in [-0.4, -0.2) is 15.7 Å². The summed E-state index contributed by atoms with van der Waals surface area (Å²) < 4.78 is 0. The van der Waals surface area contributed by atoms with Crippen molar-refractivity contribution in [2.24, 2.45) is 4.99 Å². The van der Waals surface area contributed by atoms with Gasteiger partial charge in [0.25, 0.3) is 0 Å². The minimum absolute atomic E-state index is 0.769. The van der Waals surface area contributed by atoms with Gasteiger partial charge in [0, 0.05) is 22.9 Å². The molecule has 0 saturated carbocycles. The molecular formula is C47H33N3. The minimum Gasteiger partial charge on any atom is -0.256 e. The highest BCUT2D eigenvalue weighted by atomic mass is 14.8.